The lowest BCUT2D eigenvalue weighted by Crippen LogP contribution is -2.02. The Kier molecular flexibility index (Phi) is 7.53. The van der Waals surface area contributed by atoms with Crippen LogP contribution in [0, 0.1) is 29.2 Å². The van der Waals surface area contributed by atoms with Crippen LogP contribution in [0.5, 0.6) is 0 Å². The van der Waals surface area contributed by atoms with E-state index in [1.807, 2.05) is 79.1 Å². The average Bonchev–Trinajstić information content (AvgIpc) is 3.78. The Labute approximate surface area is 322 Å². The van der Waals surface area contributed by atoms with E-state index < -0.39 is 0 Å². The van der Waals surface area contributed by atoms with Crippen molar-refractivity contribution < 1.29 is 0 Å². The number of pyridine rings is 1. The molecule has 258 valence electrons. The molecule has 0 atom stereocenters. The van der Waals surface area contributed by atoms with Gasteiger partial charge in [0, 0.05) is 45.1 Å². The molecule has 0 radical (unpaired) electrons. The van der Waals surface area contributed by atoms with E-state index in [1.165, 1.54) is 0 Å². The number of aromatic nitrogens is 3. The molecule has 0 bridgehead atoms. The lowest BCUT2D eigenvalue weighted by molar-refractivity contribution is 1.14. The maximum atomic E-state index is 10.2. The predicted octanol–water partition coefficient (Wildman–Crippen LogP) is 12.6. The Morgan fingerprint density at radius 1 is 0.464 bits per heavy atom. The summed E-state index contributed by atoms with van der Waals surface area (Å²) in [5, 5.41) is 24.0. The Morgan fingerprint density at radius 2 is 0.982 bits per heavy atom. The summed E-state index contributed by atoms with van der Waals surface area (Å²) in [6.45, 7) is 7.37. The van der Waals surface area contributed by atoms with Gasteiger partial charge in [0.1, 0.15) is 0 Å². The molecule has 6 heteroatoms. The van der Waals surface area contributed by atoms with Crippen molar-refractivity contribution in [3.05, 3.63) is 193 Å². The molecule has 0 aliphatic carbocycles. The quantitative estimate of drug-likeness (QED) is 0.167. The predicted molar refractivity (Wildman–Crippen MR) is 225 cm³/mol. The molecule has 0 aliphatic heterocycles. The molecular formula is C50H28N6. The highest BCUT2D eigenvalue weighted by Gasteiger charge is 2.21. The summed E-state index contributed by atoms with van der Waals surface area (Å²) < 4.78 is 4.57. The van der Waals surface area contributed by atoms with E-state index >= 15 is 0 Å². The Morgan fingerprint density at radius 3 is 1.57 bits per heavy atom. The zero-order valence-corrected chi connectivity index (χ0v) is 29.8. The van der Waals surface area contributed by atoms with Crippen molar-refractivity contribution in [3.63, 3.8) is 0 Å². The van der Waals surface area contributed by atoms with Gasteiger partial charge < -0.3 is 9.13 Å². The third-order valence-electron chi connectivity index (χ3n) is 10.7. The molecular weight excluding hydrogens is 685 g/mol. The van der Waals surface area contributed by atoms with Gasteiger partial charge in [0.25, 0.3) is 0 Å². The van der Waals surface area contributed by atoms with Crippen LogP contribution in [0.15, 0.2) is 170 Å². The van der Waals surface area contributed by atoms with E-state index in [1.54, 1.807) is 0 Å². The number of rotatable bonds is 5. The first-order valence-electron chi connectivity index (χ1n) is 18.2. The van der Waals surface area contributed by atoms with Crippen molar-refractivity contribution >= 4 is 49.3 Å². The number of hydrogen-bond donors (Lipinski definition) is 0. The second kappa shape index (κ2) is 13.0. The molecule has 0 saturated carbocycles. The zero-order valence-electron chi connectivity index (χ0n) is 29.8. The van der Waals surface area contributed by atoms with E-state index in [0.29, 0.717) is 16.8 Å². The van der Waals surface area contributed by atoms with Crippen LogP contribution in [0.3, 0.4) is 0 Å². The van der Waals surface area contributed by atoms with E-state index in [0.717, 1.165) is 88.4 Å². The number of nitriles is 2. The monoisotopic (exact) mass is 712 g/mol. The van der Waals surface area contributed by atoms with Crippen LogP contribution >= 0.6 is 0 Å². The fourth-order valence-electron chi connectivity index (χ4n) is 8.09. The first kappa shape index (κ1) is 32.4. The third-order valence-corrected chi connectivity index (χ3v) is 10.7. The van der Waals surface area contributed by atoms with Gasteiger partial charge in [-0.3, -0.25) is 4.98 Å². The number of fused-ring (bicyclic) bond motifs is 6. The molecule has 7 aromatic carbocycles. The molecule has 0 aliphatic rings. The molecule has 0 amide bonds. The van der Waals surface area contributed by atoms with Crippen molar-refractivity contribution in [2.24, 2.45) is 0 Å². The smallest absolute Gasteiger partial charge is 0.187 e. The van der Waals surface area contributed by atoms with Gasteiger partial charge in [0.05, 0.1) is 63.3 Å². The number of benzene rings is 7. The van der Waals surface area contributed by atoms with Gasteiger partial charge >= 0.3 is 0 Å². The van der Waals surface area contributed by atoms with Gasteiger partial charge in [-0.2, -0.15) is 10.5 Å². The lowest BCUT2D eigenvalue weighted by Gasteiger charge is -2.18. The highest BCUT2D eigenvalue weighted by Crippen LogP contribution is 2.42. The van der Waals surface area contributed by atoms with Crippen LogP contribution in [0.1, 0.15) is 11.1 Å². The maximum absolute atomic E-state index is 10.2. The molecule has 3 aromatic heterocycles. The molecule has 56 heavy (non-hydrogen) atoms. The Balaban J connectivity index is 1.20. The number of hydrogen-bond acceptors (Lipinski definition) is 3. The lowest BCUT2D eigenvalue weighted by atomic mass is 10.0. The largest absolute Gasteiger partial charge is 0.309 e. The fraction of sp³-hybridized carbons (Fsp3) is 0. The number of para-hydroxylation sites is 2. The van der Waals surface area contributed by atoms with Crippen LogP contribution < -0.4 is 0 Å². The highest BCUT2D eigenvalue weighted by atomic mass is 15.0. The topological polar surface area (TPSA) is 74.7 Å². The minimum atomic E-state index is 0.559. The Bertz CT molecular complexity index is 3330. The first-order valence-corrected chi connectivity index (χ1v) is 18.2. The molecule has 0 N–H and O–H groups in total. The standard InChI is InChI=1S/C50H28N6/c1-53-38-19-15-35(16-20-38)37-18-23-48-43(28-37)40-7-3-5-9-46(40)56(48)50-26-33(30-52)12-21-41(50)44-31-54-25-24-49(44)55-45-8-4-2-6-39(45)42-27-36(17-22-47(42)55)34-13-10-32(29-51)11-14-34/h2-28,31H. The molecule has 0 unspecified atom stereocenters. The second-order valence-corrected chi connectivity index (χ2v) is 13.8. The first-order chi connectivity index (χ1) is 27.6. The van der Waals surface area contributed by atoms with Crippen molar-refractivity contribution in [1.29, 1.82) is 10.5 Å². The molecule has 10 aromatic rings. The molecule has 0 saturated heterocycles. The maximum Gasteiger partial charge on any atom is 0.187 e. The molecule has 6 nitrogen and oxygen atoms in total. The third kappa shape index (κ3) is 5.12. The van der Waals surface area contributed by atoms with E-state index in [9.17, 15) is 10.5 Å². The molecule has 10 rings (SSSR count). The summed E-state index contributed by atoms with van der Waals surface area (Å²) in [4.78, 5) is 8.24. The zero-order chi connectivity index (χ0) is 37.8. The van der Waals surface area contributed by atoms with Crippen LogP contribution in [0.4, 0.5) is 5.69 Å². The normalized spacial score (nSPS) is 11.2. The van der Waals surface area contributed by atoms with Gasteiger partial charge in [-0.25, -0.2) is 4.85 Å². The minimum Gasteiger partial charge on any atom is -0.309 e. The average molecular weight is 713 g/mol. The second-order valence-electron chi connectivity index (χ2n) is 13.8. The van der Waals surface area contributed by atoms with Gasteiger partial charge in [-0.15, -0.1) is 0 Å². The van der Waals surface area contributed by atoms with E-state index in [4.69, 9.17) is 6.57 Å². The molecule has 0 spiro atoms. The van der Waals surface area contributed by atoms with Crippen LogP contribution in [0.2, 0.25) is 0 Å². The van der Waals surface area contributed by atoms with Gasteiger partial charge in [-0.05, 0) is 89.0 Å². The summed E-state index contributed by atoms with van der Waals surface area (Å²) in [5.74, 6) is 0. The van der Waals surface area contributed by atoms with Crippen LogP contribution in [-0.2, 0) is 0 Å². The van der Waals surface area contributed by atoms with Crippen molar-refractivity contribution in [2.75, 3.05) is 0 Å². The van der Waals surface area contributed by atoms with Crippen molar-refractivity contribution in [2.45, 2.75) is 0 Å². The SMILES string of the molecule is [C-]#[N+]c1ccc(-c2ccc3c(c2)c2ccccc2n3-c2cc(C#N)ccc2-c2cnccc2-n2c3ccccc3c3cc(-c4ccc(C#N)cc4)ccc32)cc1. The van der Waals surface area contributed by atoms with E-state index in [2.05, 4.69) is 122 Å². The summed E-state index contributed by atoms with van der Waals surface area (Å²) >= 11 is 0. The van der Waals surface area contributed by atoms with Crippen LogP contribution in [0.25, 0.3) is 93.2 Å². The minimum absolute atomic E-state index is 0.559. The molecule has 3 heterocycles. The highest BCUT2D eigenvalue weighted by molar-refractivity contribution is 6.12. The van der Waals surface area contributed by atoms with E-state index in [-0.39, 0.29) is 0 Å². The molecule has 0 fully saturated rings. The van der Waals surface area contributed by atoms with Crippen LogP contribution in [-0.4, -0.2) is 14.1 Å². The van der Waals surface area contributed by atoms with Gasteiger partial charge in [0.2, 0.25) is 0 Å². The number of nitrogens with zero attached hydrogens (tertiary/aromatic N) is 6. The summed E-state index contributed by atoms with van der Waals surface area (Å²) in [5.41, 5.74) is 13.9. The summed E-state index contributed by atoms with van der Waals surface area (Å²) in [6, 6.07) is 57.8. The fourth-order valence-corrected chi connectivity index (χ4v) is 8.09. The van der Waals surface area contributed by atoms with Crippen molar-refractivity contribution in [1.82, 2.24) is 14.1 Å². The van der Waals surface area contributed by atoms with Gasteiger partial charge in [0.15, 0.2) is 5.69 Å². The Hall–Kier alpha value is -8.24. The van der Waals surface area contributed by atoms with Crippen molar-refractivity contribution in [3.8, 4) is 56.9 Å². The summed E-state index contributed by atoms with van der Waals surface area (Å²) in [6.07, 6.45) is 3.76. The van der Waals surface area contributed by atoms with Gasteiger partial charge in [-0.1, -0.05) is 91.0 Å². The summed E-state index contributed by atoms with van der Waals surface area (Å²) in [7, 11) is 0.